The predicted octanol–water partition coefficient (Wildman–Crippen LogP) is 3.24. The number of halogens is 2. The summed E-state index contributed by atoms with van der Waals surface area (Å²) in [5.74, 6) is -1.79. The molecule has 0 saturated heterocycles. The topological polar surface area (TPSA) is 62.0 Å². The number of H-pyrrole nitrogens is 1. The lowest BCUT2D eigenvalue weighted by molar-refractivity contribution is 0.0857. The summed E-state index contributed by atoms with van der Waals surface area (Å²) in [6, 6.07) is 7.72. The Morgan fingerprint density at radius 2 is 1.83 bits per heavy atom. The summed E-state index contributed by atoms with van der Waals surface area (Å²) in [6.07, 6.45) is 3.81. The molecule has 4 nitrogen and oxygen atoms in total. The minimum atomic E-state index is -0.889. The molecule has 2 aromatic rings. The molecule has 0 bridgehead atoms. The van der Waals surface area contributed by atoms with Crippen molar-refractivity contribution >= 4 is 5.91 Å². The van der Waals surface area contributed by atoms with Crippen molar-refractivity contribution in [3.05, 3.63) is 69.6 Å². The molecule has 1 fully saturated rings. The van der Waals surface area contributed by atoms with E-state index in [9.17, 15) is 18.4 Å². The average molecular weight is 332 g/mol. The van der Waals surface area contributed by atoms with E-state index < -0.39 is 23.1 Å². The Balaban J connectivity index is 1.97. The third-order valence-electron chi connectivity index (χ3n) is 4.52. The number of amides is 1. The van der Waals surface area contributed by atoms with Crippen molar-refractivity contribution in [2.45, 2.75) is 37.6 Å². The van der Waals surface area contributed by atoms with Gasteiger partial charge in [-0.1, -0.05) is 31.4 Å². The van der Waals surface area contributed by atoms with Gasteiger partial charge >= 0.3 is 0 Å². The van der Waals surface area contributed by atoms with Crippen LogP contribution in [0.25, 0.3) is 0 Å². The highest BCUT2D eigenvalue weighted by atomic mass is 19.1. The fraction of sp³-hybridized carbons (Fsp3) is 0.333. The first-order valence-electron chi connectivity index (χ1n) is 7.98. The fourth-order valence-electron chi connectivity index (χ4n) is 3.36. The molecule has 24 heavy (non-hydrogen) atoms. The second-order valence-electron chi connectivity index (χ2n) is 6.15. The van der Waals surface area contributed by atoms with Gasteiger partial charge in [0.25, 0.3) is 5.91 Å². The number of benzene rings is 1. The maximum atomic E-state index is 14.3. The number of aromatic nitrogens is 1. The smallest absolute Gasteiger partial charge is 0.268 e. The molecule has 0 unspecified atom stereocenters. The standard InChI is InChI=1S/C18H18F2N2O2/c19-12-7-8-13(14(20)11-12)18(9-2-1-3-10-18)22-17(24)15-5-4-6-16(23)21-15/h4-8,11H,1-3,9-10H2,(H,21,23)(H,22,24). The molecule has 1 amide bonds. The predicted molar refractivity (Wildman–Crippen MR) is 85.6 cm³/mol. The summed E-state index contributed by atoms with van der Waals surface area (Å²) >= 11 is 0. The summed E-state index contributed by atoms with van der Waals surface area (Å²) in [5, 5.41) is 2.88. The molecule has 2 N–H and O–H groups in total. The maximum absolute atomic E-state index is 14.3. The molecule has 1 saturated carbocycles. The number of hydrogen-bond donors (Lipinski definition) is 2. The number of hydrogen-bond acceptors (Lipinski definition) is 2. The highest BCUT2D eigenvalue weighted by molar-refractivity contribution is 5.92. The van der Waals surface area contributed by atoms with Crippen LogP contribution in [0, 0.1) is 11.6 Å². The highest BCUT2D eigenvalue weighted by Crippen LogP contribution is 2.38. The van der Waals surface area contributed by atoms with Crippen molar-refractivity contribution in [2.24, 2.45) is 0 Å². The van der Waals surface area contributed by atoms with E-state index in [4.69, 9.17) is 0 Å². The summed E-state index contributed by atoms with van der Waals surface area (Å²) in [7, 11) is 0. The molecule has 1 heterocycles. The molecule has 126 valence electrons. The molecule has 3 rings (SSSR count). The Morgan fingerprint density at radius 1 is 1.08 bits per heavy atom. The van der Waals surface area contributed by atoms with Crippen LogP contribution < -0.4 is 10.9 Å². The first-order chi connectivity index (χ1) is 11.5. The number of carbonyl (C=O) groups excluding carboxylic acids is 1. The van der Waals surface area contributed by atoms with Crippen molar-refractivity contribution in [1.82, 2.24) is 10.3 Å². The lowest BCUT2D eigenvalue weighted by Crippen LogP contribution is -2.48. The summed E-state index contributed by atoms with van der Waals surface area (Å²) in [5.41, 5.74) is -0.863. The first-order valence-corrected chi connectivity index (χ1v) is 7.98. The van der Waals surface area contributed by atoms with Gasteiger partial charge in [0.15, 0.2) is 0 Å². The van der Waals surface area contributed by atoms with Gasteiger partial charge in [0.05, 0.1) is 5.54 Å². The molecular formula is C18H18F2N2O2. The summed E-state index contributed by atoms with van der Waals surface area (Å²) in [6.45, 7) is 0. The van der Waals surface area contributed by atoms with E-state index in [1.165, 1.54) is 30.3 Å². The molecule has 0 spiro atoms. The lowest BCUT2D eigenvalue weighted by atomic mass is 9.76. The van der Waals surface area contributed by atoms with Gasteiger partial charge in [-0.3, -0.25) is 9.59 Å². The quantitative estimate of drug-likeness (QED) is 0.906. The van der Waals surface area contributed by atoms with Crippen molar-refractivity contribution < 1.29 is 13.6 Å². The van der Waals surface area contributed by atoms with Crippen molar-refractivity contribution in [1.29, 1.82) is 0 Å². The zero-order chi connectivity index (χ0) is 17.2. The minimum absolute atomic E-state index is 0.120. The Kier molecular flexibility index (Phi) is 4.46. The van der Waals surface area contributed by atoms with Gasteiger partial charge < -0.3 is 10.3 Å². The van der Waals surface area contributed by atoms with Crippen LogP contribution in [0.3, 0.4) is 0 Å². The van der Waals surface area contributed by atoms with Gasteiger partial charge in [-0.05, 0) is 25.0 Å². The lowest BCUT2D eigenvalue weighted by Gasteiger charge is -2.38. The molecular weight excluding hydrogens is 314 g/mol. The Hall–Kier alpha value is -2.50. The molecule has 0 aliphatic heterocycles. The molecule has 0 radical (unpaired) electrons. The molecule has 6 heteroatoms. The Morgan fingerprint density at radius 3 is 2.50 bits per heavy atom. The van der Waals surface area contributed by atoms with Gasteiger partial charge in [0.1, 0.15) is 17.3 Å². The average Bonchev–Trinajstić information content (AvgIpc) is 2.55. The van der Waals surface area contributed by atoms with E-state index in [2.05, 4.69) is 10.3 Å². The van der Waals surface area contributed by atoms with Crippen molar-refractivity contribution in [3.63, 3.8) is 0 Å². The number of aromatic amines is 1. The first kappa shape index (κ1) is 16.4. The molecule has 0 atom stereocenters. The van der Waals surface area contributed by atoms with Crippen LogP contribution >= 0.6 is 0 Å². The highest BCUT2D eigenvalue weighted by Gasteiger charge is 2.37. The van der Waals surface area contributed by atoms with E-state index >= 15 is 0 Å². The minimum Gasteiger partial charge on any atom is -0.341 e. The van der Waals surface area contributed by atoms with Crippen LogP contribution in [0.15, 0.2) is 41.2 Å². The van der Waals surface area contributed by atoms with Crippen LogP contribution in [0.2, 0.25) is 0 Å². The van der Waals surface area contributed by atoms with Gasteiger partial charge in [0.2, 0.25) is 5.56 Å². The van der Waals surface area contributed by atoms with Crippen LogP contribution in [-0.2, 0) is 5.54 Å². The van der Waals surface area contributed by atoms with E-state index in [1.807, 2.05) is 0 Å². The molecule has 1 aromatic heterocycles. The monoisotopic (exact) mass is 332 g/mol. The van der Waals surface area contributed by atoms with Gasteiger partial charge in [-0.25, -0.2) is 8.78 Å². The number of pyridine rings is 1. The summed E-state index contributed by atoms with van der Waals surface area (Å²) < 4.78 is 27.6. The van der Waals surface area contributed by atoms with E-state index in [0.717, 1.165) is 25.3 Å². The van der Waals surface area contributed by atoms with Crippen LogP contribution in [0.4, 0.5) is 8.78 Å². The van der Waals surface area contributed by atoms with E-state index in [0.29, 0.717) is 12.8 Å². The van der Waals surface area contributed by atoms with E-state index in [-0.39, 0.29) is 16.8 Å². The third kappa shape index (κ3) is 3.22. The van der Waals surface area contributed by atoms with Crippen molar-refractivity contribution in [3.8, 4) is 0 Å². The van der Waals surface area contributed by atoms with Gasteiger partial charge in [-0.2, -0.15) is 0 Å². The third-order valence-corrected chi connectivity index (χ3v) is 4.52. The van der Waals surface area contributed by atoms with Crippen molar-refractivity contribution in [2.75, 3.05) is 0 Å². The van der Waals surface area contributed by atoms with E-state index in [1.54, 1.807) is 0 Å². The SMILES string of the molecule is O=C(NC1(c2ccc(F)cc2F)CCCCC1)c1cccc(=O)[nH]1. The fourth-order valence-corrected chi connectivity index (χ4v) is 3.36. The Bertz CT molecular complexity index is 811. The molecule has 1 aliphatic rings. The number of rotatable bonds is 3. The van der Waals surface area contributed by atoms with Gasteiger partial charge in [-0.15, -0.1) is 0 Å². The number of nitrogens with one attached hydrogen (secondary N) is 2. The largest absolute Gasteiger partial charge is 0.341 e. The van der Waals surface area contributed by atoms with Crippen LogP contribution in [-0.4, -0.2) is 10.9 Å². The Labute approximate surface area is 137 Å². The zero-order valence-corrected chi connectivity index (χ0v) is 13.1. The van der Waals surface area contributed by atoms with Gasteiger partial charge in [0, 0.05) is 17.7 Å². The second-order valence-corrected chi connectivity index (χ2v) is 6.15. The zero-order valence-electron chi connectivity index (χ0n) is 13.1. The molecule has 1 aromatic carbocycles. The molecule has 1 aliphatic carbocycles. The van der Waals surface area contributed by atoms with Crippen LogP contribution in [0.5, 0.6) is 0 Å². The van der Waals surface area contributed by atoms with Crippen LogP contribution in [0.1, 0.15) is 48.2 Å². The maximum Gasteiger partial charge on any atom is 0.268 e. The summed E-state index contributed by atoms with van der Waals surface area (Å²) in [4.78, 5) is 26.4. The normalized spacial score (nSPS) is 16.6. The second kappa shape index (κ2) is 6.55. The number of carbonyl (C=O) groups is 1.